The van der Waals surface area contributed by atoms with Crippen LogP contribution in [0.2, 0.25) is 0 Å². The molecule has 0 unspecified atom stereocenters. The van der Waals surface area contributed by atoms with E-state index in [2.05, 4.69) is 0 Å². The first-order valence-electron chi connectivity index (χ1n) is 3.79. The molecule has 2 N–H and O–H groups in total. The highest BCUT2D eigenvalue weighted by atomic mass is 16.4. The van der Waals surface area contributed by atoms with Crippen molar-refractivity contribution in [2.24, 2.45) is 5.41 Å². The Morgan fingerprint density at radius 3 is 2.00 bits per heavy atom. The fourth-order valence-corrected chi connectivity index (χ4v) is 0.501. The minimum absolute atomic E-state index is 0.206. The van der Waals surface area contributed by atoms with E-state index in [-0.39, 0.29) is 12.3 Å². The van der Waals surface area contributed by atoms with Gasteiger partial charge in [-0.05, 0) is 0 Å². The summed E-state index contributed by atoms with van der Waals surface area (Å²) < 4.78 is 0. The minimum atomic E-state index is -1.58. The lowest BCUT2D eigenvalue weighted by Crippen LogP contribution is -2.38. The van der Waals surface area contributed by atoms with Crippen LogP contribution in [-0.4, -0.2) is 29.3 Å². The summed E-state index contributed by atoms with van der Waals surface area (Å²) >= 11 is 0. The molecule has 0 saturated heterocycles. The van der Waals surface area contributed by atoms with Gasteiger partial charge in [0.2, 0.25) is 0 Å². The van der Waals surface area contributed by atoms with E-state index in [4.69, 9.17) is 5.11 Å². The molecule has 0 aliphatic heterocycles. The monoisotopic (exact) mass is 187 g/mol. The number of amides is 1. The van der Waals surface area contributed by atoms with Crippen LogP contribution in [0.1, 0.15) is 20.8 Å². The van der Waals surface area contributed by atoms with Crippen molar-refractivity contribution in [1.82, 2.24) is 5.32 Å². The van der Waals surface area contributed by atoms with Crippen molar-refractivity contribution < 1.29 is 19.5 Å². The smallest absolute Gasteiger partial charge is 0.394 e. The number of Topliss-reactive ketones (excluding diaryl/α,β-unsaturated/α-hetero) is 1. The van der Waals surface area contributed by atoms with Crippen LogP contribution in [0.25, 0.3) is 0 Å². The first kappa shape index (κ1) is 11.6. The Hall–Kier alpha value is -1.39. The Balaban J connectivity index is 3.99. The van der Waals surface area contributed by atoms with Crippen molar-refractivity contribution in [1.29, 1.82) is 0 Å². The SMILES string of the molecule is CC(C)(C)C(=O)CNC(=O)C(=O)O. The van der Waals surface area contributed by atoms with Crippen molar-refractivity contribution in [2.75, 3.05) is 6.54 Å². The second kappa shape index (κ2) is 4.02. The van der Waals surface area contributed by atoms with Gasteiger partial charge < -0.3 is 10.4 Å². The van der Waals surface area contributed by atoms with Gasteiger partial charge in [0.25, 0.3) is 0 Å². The number of carbonyl (C=O) groups excluding carboxylic acids is 2. The van der Waals surface area contributed by atoms with Crippen LogP contribution < -0.4 is 5.32 Å². The van der Waals surface area contributed by atoms with Crippen molar-refractivity contribution >= 4 is 17.7 Å². The Morgan fingerprint density at radius 1 is 1.23 bits per heavy atom. The third-order valence-corrected chi connectivity index (χ3v) is 1.44. The lowest BCUT2D eigenvalue weighted by molar-refractivity contribution is -0.150. The highest BCUT2D eigenvalue weighted by Gasteiger charge is 2.22. The lowest BCUT2D eigenvalue weighted by Gasteiger charge is -2.15. The Morgan fingerprint density at radius 2 is 1.69 bits per heavy atom. The summed E-state index contributed by atoms with van der Waals surface area (Å²) in [6, 6.07) is 0. The summed E-state index contributed by atoms with van der Waals surface area (Å²) in [6.45, 7) is 4.85. The number of carbonyl (C=O) groups is 3. The van der Waals surface area contributed by atoms with Crippen LogP contribution in [0.5, 0.6) is 0 Å². The number of hydrogen-bond acceptors (Lipinski definition) is 3. The van der Waals surface area contributed by atoms with E-state index < -0.39 is 17.3 Å². The summed E-state index contributed by atoms with van der Waals surface area (Å²) in [7, 11) is 0. The maximum atomic E-state index is 11.2. The van der Waals surface area contributed by atoms with E-state index in [9.17, 15) is 14.4 Å². The largest absolute Gasteiger partial charge is 0.474 e. The van der Waals surface area contributed by atoms with Gasteiger partial charge in [-0.2, -0.15) is 0 Å². The molecule has 5 nitrogen and oxygen atoms in total. The van der Waals surface area contributed by atoms with Crippen molar-refractivity contribution in [3.63, 3.8) is 0 Å². The first-order valence-corrected chi connectivity index (χ1v) is 3.79. The van der Waals surface area contributed by atoms with Crippen molar-refractivity contribution in [2.45, 2.75) is 20.8 Å². The second-order valence-electron chi connectivity index (χ2n) is 3.66. The minimum Gasteiger partial charge on any atom is -0.474 e. The van der Waals surface area contributed by atoms with Gasteiger partial charge in [0.05, 0.1) is 6.54 Å². The molecule has 0 saturated carbocycles. The van der Waals surface area contributed by atoms with Crippen LogP contribution in [0.4, 0.5) is 0 Å². The first-order chi connectivity index (χ1) is 5.75. The molecule has 0 aliphatic carbocycles. The highest BCUT2D eigenvalue weighted by Crippen LogP contribution is 2.13. The molecular formula is C8H13NO4. The third-order valence-electron chi connectivity index (χ3n) is 1.44. The fourth-order valence-electron chi connectivity index (χ4n) is 0.501. The molecule has 1 amide bonds. The molecule has 0 rings (SSSR count). The van der Waals surface area contributed by atoms with Gasteiger partial charge in [0, 0.05) is 5.41 Å². The zero-order chi connectivity index (χ0) is 10.6. The molecule has 5 heteroatoms. The zero-order valence-electron chi connectivity index (χ0n) is 7.88. The van der Waals surface area contributed by atoms with E-state index >= 15 is 0 Å². The number of hydrogen-bond donors (Lipinski definition) is 2. The summed E-state index contributed by atoms with van der Waals surface area (Å²) in [6.07, 6.45) is 0. The van der Waals surface area contributed by atoms with Crippen LogP contribution in [-0.2, 0) is 14.4 Å². The van der Waals surface area contributed by atoms with Crippen LogP contribution in [0, 0.1) is 5.41 Å². The number of carboxylic acids is 1. The molecule has 74 valence electrons. The van der Waals surface area contributed by atoms with Gasteiger partial charge in [-0.15, -0.1) is 0 Å². The van der Waals surface area contributed by atoms with E-state index in [0.717, 1.165) is 0 Å². The van der Waals surface area contributed by atoms with E-state index in [1.54, 1.807) is 20.8 Å². The van der Waals surface area contributed by atoms with Crippen molar-refractivity contribution in [3.05, 3.63) is 0 Å². The predicted octanol–water partition coefficient (Wildman–Crippen LogP) is -0.198. The number of rotatable bonds is 2. The molecule has 0 bridgehead atoms. The molecule has 0 aliphatic rings. The normalized spacial score (nSPS) is 10.7. The molecule has 13 heavy (non-hydrogen) atoms. The molecule has 0 fully saturated rings. The molecule has 0 aromatic carbocycles. The maximum absolute atomic E-state index is 11.2. The van der Waals surface area contributed by atoms with Crippen molar-refractivity contribution in [3.8, 4) is 0 Å². The van der Waals surface area contributed by atoms with E-state index in [0.29, 0.717) is 0 Å². The quantitative estimate of drug-likeness (QED) is 0.586. The average molecular weight is 187 g/mol. The number of nitrogens with one attached hydrogen (secondary N) is 1. The summed E-state index contributed by atoms with van der Waals surface area (Å²) in [4.78, 5) is 31.7. The highest BCUT2D eigenvalue weighted by molar-refractivity contribution is 6.31. The molecule has 0 spiro atoms. The van der Waals surface area contributed by atoms with Gasteiger partial charge in [-0.3, -0.25) is 9.59 Å². The third kappa shape index (κ3) is 4.25. The van der Waals surface area contributed by atoms with Crippen LogP contribution in [0.15, 0.2) is 0 Å². The molecule has 0 heterocycles. The zero-order valence-corrected chi connectivity index (χ0v) is 7.88. The number of carboxylic acid groups (broad SMARTS) is 1. The average Bonchev–Trinajstić information content (AvgIpc) is 1.97. The summed E-state index contributed by atoms with van der Waals surface area (Å²) in [5.74, 6) is -2.94. The lowest BCUT2D eigenvalue weighted by atomic mass is 9.91. The van der Waals surface area contributed by atoms with Crippen LogP contribution in [0.3, 0.4) is 0 Å². The topological polar surface area (TPSA) is 83.5 Å². The molecule has 0 aromatic heterocycles. The van der Waals surface area contributed by atoms with Crippen LogP contribution >= 0.6 is 0 Å². The molecular weight excluding hydrogens is 174 g/mol. The second-order valence-corrected chi connectivity index (χ2v) is 3.66. The number of ketones is 1. The standard InChI is InChI=1S/C8H13NO4/c1-8(2,3)5(10)4-9-6(11)7(12)13/h4H2,1-3H3,(H,9,11)(H,12,13). The van der Waals surface area contributed by atoms with Gasteiger partial charge in [-0.1, -0.05) is 20.8 Å². The molecule has 0 radical (unpaired) electrons. The Labute approximate surface area is 76.1 Å². The Kier molecular flexibility index (Phi) is 3.59. The molecule has 0 aromatic rings. The van der Waals surface area contributed by atoms with Gasteiger partial charge in [-0.25, -0.2) is 4.79 Å². The summed E-state index contributed by atoms with van der Waals surface area (Å²) in [5.41, 5.74) is -0.564. The maximum Gasteiger partial charge on any atom is 0.394 e. The Bertz CT molecular complexity index is 239. The van der Waals surface area contributed by atoms with E-state index in [1.165, 1.54) is 0 Å². The van der Waals surface area contributed by atoms with Gasteiger partial charge >= 0.3 is 11.9 Å². The summed E-state index contributed by atoms with van der Waals surface area (Å²) in [5, 5.41) is 10.2. The van der Waals surface area contributed by atoms with E-state index in [1.807, 2.05) is 5.32 Å². The van der Waals surface area contributed by atoms with Gasteiger partial charge in [0.15, 0.2) is 5.78 Å². The predicted molar refractivity (Wildman–Crippen MR) is 45.1 cm³/mol. The number of aliphatic carboxylic acids is 1. The van der Waals surface area contributed by atoms with Gasteiger partial charge in [0.1, 0.15) is 0 Å². The molecule has 0 atom stereocenters. The fraction of sp³-hybridized carbons (Fsp3) is 0.625.